The number of hydrogen-bond donors (Lipinski definition) is 0. The Labute approximate surface area is 148 Å². The van der Waals surface area contributed by atoms with Crippen molar-refractivity contribution >= 4 is 5.91 Å². The highest BCUT2D eigenvalue weighted by molar-refractivity contribution is 5.76. The molecule has 1 fully saturated rings. The summed E-state index contributed by atoms with van der Waals surface area (Å²) in [5, 5.41) is 4.05. The minimum atomic E-state index is 0.226. The molecule has 1 aliphatic carbocycles. The zero-order valence-corrected chi connectivity index (χ0v) is 14.5. The van der Waals surface area contributed by atoms with Crippen molar-refractivity contribution in [3.63, 3.8) is 0 Å². The molecule has 0 bridgehead atoms. The van der Waals surface area contributed by atoms with Crippen LogP contribution in [0.2, 0.25) is 0 Å². The third kappa shape index (κ3) is 3.74. The number of aryl methyl sites for hydroxylation is 2. The lowest BCUT2D eigenvalue weighted by Gasteiger charge is -2.41. The van der Waals surface area contributed by atoms with Crippen LogP contribution in [0.1, 0.15) is 24.0 Å². The van der Waals surface area contributed by atoms with Gasteiger partial charge >= 0.3 is 0 Å². The summed E-state index contributed by atoms with van der Waals surface area (Å²) in [5.41, 5.74) is 3.02. The van der Waals surface area contributed by atoms with Gasteiger partial charge in [-0.2, -0.15) is 5.10 Å². The average Bonchev–Trinajstić information content (AvgIpc) is 3.19. The molecule has 0 N–H and O–H groups in total. The van der Waals surface area contributed by atoms with Crippen molar-refractivity contribution in [2.45, 2.75) is 38.3 Å². The first-order valence-electron chi connectivity index (χ1n) is 9.20. The van der Waals surface area contributed by atoms with Crippen LogP contribution < -0.4 is 0 Å². The summed E-state index contributed by atoms with van der Waals surface area (Å²) in [4.78, 5) is 20.9. The molecule has 0 saturated carbocycles. The Morgan fingerprint density at radius 2 is 1.92 bits per heavy atom. The second kappa shape index (κ2) is 7.35. The predicted molar refractivity (Wildman–Crippen MR) is 95.0 cm³/mol. The predicted octanol–water partition coefficient (Wildman–Crippen LogP) is 1.37. The van der Waals surface area contributed by atoms with Crippen LogP contribution in [-0.2, 0) is 24.2 Å². The van der Waals surface area contributed by atoms with Gasteiger partial charge in [0.25, 0.3) is 0 Å². The van der Waals surface area contributed by atoms with E-state index in [0.29, 0.717) is 19.0 Å². The second-order valence-electron chi connectivity index (χ2n) is 6.99. The second-order valence-corrected chi connectivity index (χ2v) is 6.99. The first-order valence-corrected chi connectivity index (χ1v) is 9.20. The summed E-state index contributed by atoms with van der Waals surface area (Å²) >= 11 is 0. The van der Waals surface area contributed by atoms with Crippen LogP contribution in [0.15, 0.2) is 36.9 Å². The molecule has 1 atom stereocenters. The Bertz CT molecular complexity index is 706. The SMILES string of the molecule is O=C(CCn1cncn1)N1CCN([C@@H]2CCc3ccccc3C2)CC1. The third-order valence-electron chi connectivity index (χ3n) is 5.53. The van der Waals surface area contributed by atoms with Crippen molar-refractivity contribution in [3.8, 4) is 0 Å². The van der Waals surface area contributed by atoms with Crippen LogP contribution in [0.3, 0.4) is 0 Å². The maximum absolute atomic E-state index is 12.4. The molecule has 1 amide bonds. The molecule has 0 unspecified atom stereocenters. The van der Waals surface area contributed by atoms with E-state index in [4.69, 9.17) is 0 Å². The topological polar surface area (TPSA) is 54.3 Å². The minimum Gasteiger partial charge on any atom is -0.340 e. The van der Waals surface area contributed by atoms with Crippen molar-refractivity contribution in [2.24, 2.45) is 0 Å². The smallest absolute Gasteiger partial charge is 0.224 e. The van der Waals surface area contributed by atoms with Crippen LogP contribution >= 0.6 is 0 Å². The minimum absolute atomic E-state index is 0.226. The number of amides is 1. The maximum Gasteiger partial charge on any atom is 0.224 e. The van der Waals surface area contributed by atoms with E-state index in [2.05, 4.69) is 39.2 Å². The highest BCUT2D eigenvalue weighted by atomic mass is 16.2. The maximum atomic E-state index is 12.4. The van der Waals surface area contributed by atoms with Crippen molar-refractivity contribution < 1.29 is 4.79 Å². The molecule has 2 aliphatic rings. The van der Waals surface area contributed by atoms with Crippen LogP contribution in [0.25, 0.3) is 0 Å². The van der Waals surface area contributed by atoms with E-state index in [-0.39, 0.29) is 5.91 Å². The zero-order chi connectivity index (χ0) is 17.1. The summed E-state index contributed by atoms with van der Waals surface area (Å²) in [6.45, 7) is 4.27. The Balaban J connectivity index is 1.26. The van der Waals surface area contributed by atoms with Gasteiger partial charge in [0.05, 0.1) is 6.54 Å². The number of aromatic nitrogens is 3. The number of benzene rings is 1. The number of carbonyl (C=O) groups excluding carboxylic acids is 1. The highest BCUT2D eigenvalue weighted by Crippen LogP contribution is 2.25. The van der Waals surface area contributed by atoms with Crippen molar-refractivity contribution in [1.82, 2.24) is 24.6 Å². The van der Waals surface area contributed by atoms with E-state index in [1.165, 1.54) is 30.3 Å². The van der Waals surface area contributed by atoms with Gasteiger partial charge in [0, 0.05) is 38.6 Å². The van der Waals surface area contributed by atoms with Gasteiger partial charge < -0.3 is 4.90 Å². The molecule has 6 heteroatoms. The fourth-order valence-corrected chi connectivity index (χ4v) is 4.04. The summed E-state index contributed by atoms with van der Waals surface area (Å²) in [5.74, 6) is 0.226. The van der Waals surface area contributed by atoms with Gasteiger partial charge in [0.1, 0.15) is 12.7 Å². The molecule has 2 aromatic rings. The fraction of sp³-hybridized carbons (Fsp3) is 0.526. The number of rotatable bonds is 4. The van der Waals surface area contributed by atoms with E-state index in [0.717, 1.165) is 32.6 Å². The van der Waals surface area contributed by atoms with E-state index in [1.807, 2.05) is 4.90 Å². The van der Waals surface area contributed by atoms with Crippen LogP contribution in [0.5, 0.6) is 0 Å². The number of hydrogen-bond acceptors (Lipinski definition) is 4. The normalized spacial score (nSPS) is 21.1. The molecule has 6 nitrogen and oxygen atoms in total. The van der Waals surface area contributed by atoms with E-state index in [9.17, 15) is 4.79 Å². The molecule has 2 heterocycles. The van der Waals surface area contributed by atoms with Crippen molar-refractivity contribution in [3.05, 3.63) is 48.0 Å². The molecule has 1 aromatic carbocycles. The lowest BCUT2D eigenvalue weighted by molar-refractivity contribution is -0.133. The Morgan fingerprint density at radius 1 is 1.12 bits per heavy atom. The molecule has 0 radical (unpaired) electrons. The molecule has 132 valence electrons. The van der Waals surface area contributed by atoms with Crippen molar-refractivity contribution in [2.75, 3.05) is 26.2 Å². The number of fused-ring (bicyclic) bond motifs is 1. The third-order valence-corrected chi connectivity index (χ3v) is 5.53. The molecule has 4 rings (SSSR count). The number of nitrogens with zero attached hydrogens (tertiary/aromatic N) is 5. The first kappa shape index (κ1) is 16.3. The van der Waals surface area contributed by atoms with Gasteiger partial charge in [-0.15, -0.1) is 0 Å². The molecule has 25 heavy (non-hydrogen) atoms. The quantitative estimate of drug-likeness (QED) is 0.844. The van der Waals surface area contributed by atoms with E-state index >= 15 is 0 Å². The Hall–Kier alpha value is -2.21. The molecular weight excluding hydrogens is 314 g/mol. The van der Waals surface area contributed by atoms with Gasteiger partial charge in [-0.1, -0.05) is 24.3 Å². The lowest BCUT2D eigenvalue weighted by atomic mass is 9.87. The van der Waals surface area contributed by atoms with Crippen LogP contribution in [0, 0.1) is 0 Å². The van der Waals surface area contributed by atoms with Gasteiger partial charge in [-0.25, -0.2) is 4.98 Å². The van der Waals surface area contributed by atoms with Gasteiger partial charge in [-0.3, -0.25) is 14.4 Å². The Morgan fingerprint density at radius 3 is 2.68 bits per heavy atom. The summed E-state index contributed by atoms with van der Waals surface area (Å²) in [7, 11) is 0. The molecule has 0 spiro atoms. The van der Waals surface area contributed by atoms with Crippen LogP contribution in [0.4, 0.5) is 0 Å². The molecule has 1 aliphatic heterocycles. The number of carbonyl (C=O) groups is 1. The standard InChI is InChI=1S/C19H25N5O/c25-19(7-8-24-15-20-14-21-24)23-11-9-22(10-12-23)18-6-5-16-3-1-2-4-17(16)13-18/h1-4,14-15,18H,5-13H2/t18-/m1/s1. The lowest BCUT2D eigenvalue weighted by Crippen LogP contribution is -2.53. The largest absolute Gasteiger partial charge is 0.340 e. The molecule has 1 saturated heterocycles. The monoisotopic (exact) mass is 339 g/mol. The highest BCUT2D eigenvalue weighted by Gasteiger charge is 2.28. The summed E-state index contributed by atoms with van der Waals surface area (Å²) < 4.78 is 1.72. The fourth-order valence-electron chi connectivity index (χ4n) is 4.04. The summed E-state index contributed by atoms with van der Waals surface area (Å²) in [6, 6.07) is 9.45. The first-order chi connectivity index (χ1) is 12.3. The molecular formula is C19H25N5O. The van der Waals surface area contributed by atoms with Crippen LogP contribution in [-0.4, -0.2) is 62.7 Å². The summed E-state index contributed by atoms with van der Waals surface area (Å²) in [6.07, 6.45) is 7.23. The van der Waals surface area contributed by atoms with Gasteiger partial charge in [-0.05, 0) is 30.4 Å². The zero-order valence-electron chi connectivity index (χ0n) is 14.5. The van der Waals surface area contributed by atoms with Gasteiger partial charge in [0.2, 0.25) is 5.91 Å². The van der Waals surface area contributed by atoms with Gasteiger partial charge in [0.15, 0.2) is 0 Å². The Kier molecular flexibility index (Phi) is 4.78. The van der Waals surface area contributed by atoms with Crippen molar-refractivity contribution in [1.29, 1.82) is 0 Å². The number of piperazine rings is 1. The molecule has 1 aromatic heterocycles. The average molecular weight is 339 g/mol. The van der Waals surface area contributed by atoms with E-state index in [1.54, 1.807) is 11.0 Å². The van der Waals surface area contributed by atoms with E-state index < -0.39 is 0 Å².